The van der Waals surface area contributed by atoms with Crippen LogP contribution in [0.5, 0.6) is 0 Å². The fourth-order valence-electron chi connectivity index (χ4n) is 3.60. The molecule has 30 heavy (non-hydrogen) atoms. The molecule has 1 fully saturated rings. The molecule has 0 radical (unpaired) electrons. The lowest BCUT2D eigenvalue weighted by molar-refractivity contribution is 0.434. The topological polar surface area (TPSA) is 66.8 Å². The van der Waals surface area contributed by atoms with Crippen LogP contribution in [0.15, 0.2) is 48.5 Å². The lowest BCUT2D eigenvalue weighted by Gasteiger charge is -2.30. The zero-order chi connectivity index (χ0) is 20.5. The Hall–Kier alpha value is -2.77. The number of hydrogen-bond acceptors (Lipinski definition) is 7. The first-order chi connectivity index (χ1) is 14.6. The second-order valence-corrected chi connectivity index (χ2v) is 8.96. The predicted molar refractivity (Wildman–Crippen MR) is 124 cm³/mol. The van der Waals surface area contributed by atoms with Crippen LogP contribution in [-0.4, -0.2) is 33.0 Å². The lowest BCUT2D eigenvalue weighted by atomic mass is 10.00. The van der Waals surface area contributed by atoms with E-state index in [2.05, 4.69) is 50.3 Å². The number of halogens is 1. The number of aromatic nitrogens is 4. The number of fused-ring (bicyclic) bond motifs is 1. The number of thiazole rings is 1. The molecule has 2 aromatic heterocycles. The van der Waals surface area contributed by atoms with Gasteiger partial charge in [0.25, 0.3) is 0 Å². The fraction of sp³-hybridized carbons (Fsp3) is 0.273. The number of benzene rings is 2. The molecule has 1 aliphatic rings. The average molecular weight is 437 g/mol. The number of piperidine rings is 1. The third kappa shape index (κ3) is 4.08. The Kier molecular flexibility index (Phi) is 5.23. The van der Waals surface area contributed by atoms with Crippen molar-refractivity contribution >= 4 is 50.7 Å². The van der Waals surface area contributed by atoms with Gasteiger partial charge in [0.1, 0.15) is 5.01 Å². The largest absolute Gasteiger partial charge is 0.341 e. The van der Waals surface area contributed by atoms with Gasteiger partial charge in [0.05, 0.1) is 10.2 Å². The van der Waals surface area contributed by atoms with Crippen LogP contribution in [-0.2, 0) is 0 Å². The first-order valence-corrected chi connectivity index (χ1v) is 11.2. The second kappa shape index (κ2) is 8.16. The van der Waals surface area contributed by atoms with Crippen LogP contribution in [0, 0.1) is 5.92 Å². The van der Waals surface area contributed by atoms with E-state index >= 15 is 0 Å². The van der Waals surface area contributed by atoms with Gasteiger partial charge < -0.3 is 10.2 Å². The maximum absolute atomic E-state index is 6.20. The molecular weight excluding hydrogens is 416 g/mol. The summed E-state index contributed by atoms with van der Waals surface area (Å²) in [4.78, 5) is 20.1. The Morgan fingerprint density at radius 2 is 1.83 bits per heavy atom. The molecule has 0 atom stereocenters. The summed E-state index contributed by atoms with van der Waals surface area (Å²) in [6.07, 6.45) is 2.27. The normalized spacial score (nSPS) is 14.9. The molecule has 2 aromatic carbocycles. The van der Waals surface area contributed by atoms with Crippen molar-refractivity contribution < 1.29 is 0 Å². The van der Waals surface area contributed by atoms with Gasteiger partial charge in [-0.25, -0.2) is 4.98 Å². The van der Waals surface area contributed by atoms with Gasteiger partial charge in [0.15, 0.2) is 0 Å². The molecule has 5 rings (SSSR count). The number of anilines is 3. The highest BCUT2D eigenvalue weighted by atomic mass is 35.5. The van der Waals surface area contributed by atoms with Gasteiger partial charge in [-0.15, -0.1) is 11.3 Å². The summed E-state index contributed by atoms with van der Waals surface area (Å²) < 4.78 is 1.18. The third-order valence-electron chi connectivity index (χ3n) is 5.32. The van der Waals surface area contributed by atoms with Crippen molar-refractivity contribution in [1.82, 2.24) is 19.9 Å². The summed E-state index contributed by atoms with van der Waals surface area (Å²) in [7, 11) is 0. The number of nitrogens with one attached hydrogen (secondary N) is 1. The molecule has 0 amide bonds. The Labute approximate surface area is 184 Å². The molecule has 0 bridgehead atoms. The summed E-state index contributed by atoms with van der Waals surface area (Å²) in [5.41, 5.74) is 2.94. The highest BCUT2D eigenvalue weighted by Gasteiger charge is 2.19. The minimum atomic E-state index is 0.198. The number of rotatable bonds is 4. The highest BCUT2D eigenvalue weighted by Crippen LogP contribution is 2.32. The fourth-order valence-corrected chi connectivity index (χ4v) is 4.72. The monoisotopic (exact) mass is 436 g/mol. The van der Waals surface area contributed by atoms with Crippen molar-refractivity contribution in [2.24, 2.45) is 5.92 Å². The van der Waals surface area contributed by atoms with E-state index < -0.39 is 0 Å². The molecule has 0 unspecified atom stereocenters. The average Bonchev–Trinajstić information content (AvgIpc) is 3.18. The molecule has 1 saturated heterocycles. The van der Waals surface area contributed by atoms with Gasteiger partial charge >= 0.3 is 0 Å². The van der Waals surface area contributed by atoms with E-state index in [4.69, 9.17) is 16.6 Å². The SMILES string of the molecule is CC1CCN(c2nc(Cl)nc(Nc3cccc(-c4nc5ccccc5s4)c3)n2)CC1. The van der Waals surface area contributed by atoms with Crippen molar-refractivity contribution in [3.63, 3.8) is 0 Å². The summed E-state index contributed by atoms with van der Waals surface area (Å²) in [5.74, 6) is 1.82. The van der Waals surface area contributed by atoms with Gasteiger partial charge in [0.2, 0.25) is 17.2 Å². The van der Waals surface area contributed by atoms with Gasteiger partial charge in [0, 0.05) is 24.3 Å². The van der Waals surface area contributed by atoms with Crippen molar-refractivity contribution in [2.45, 2.75) is 19.8 Å². The molecule has 8 heteroatoms. The van der Waals surface area contributed by atoms with E-state index in [9.17, 15) is 0 Å². The Bertz CT molecular complexity index is 1150. The van der Waals surface area contributed by atoms with Crippen LogP contribution in [0.25, 0.3) is 20.8 Å². The molecule has 1 N–H and O–H groups in total. The molecule has 4 aromatic rings. The summed E-state index contributed by atoms with van der Waals surface area (Å²) in [6.45, 7) is 4.16. The quantitative estimate of drug-likeness (QED) is 0.437. The van der Waals surface area contributed by atoms with Gasteiger partial charge in [-0.3, -0.25) is 0 Å². The molecule has 0 spiro atoms. The van der Waals surface area contributed by atoms with E-state index in [0.29, 0.717) is 11.9 Å². The predicted octanol–water partition coefficient (Wildman–Crippen LogP) is 5.78. The zero-order valence-corrected chi connectivity index (χ0v) is 18.1. The van der Waals surface area contributed by atoms with Crippen LogP contribution >= 0.6 is 22.9 Å². The van der Waals surface area contributed by atoms with E-state index in [1.165, 1.54) is 4.70 Å². The maximum atomic E-state index is 6.20. The molecule has 0 saturated carbocycles. The lowest BCUT2D eigenvalue weighted by Crippen LogP contribution is -2.34. The summed E-state index contributed by atoms with van der Waals surface area (Å²) >= 11 is 7.88. The minimum absolute atomic E-state index is 0.198. The first-order valence-electron chi connectivity index (χ1n) is 10.0. The van der Waals surface area contributed by atoms with E-state index in [-0.39, 0.29) is 5.28 Å². The molecule has 1 aliphatic heterocycles. The van der Waals surface area contributed by atoms with Crippen LogP contribution in [0.1, 0.15) is 19.8 Å². The maximum Gasteiger partial charge on any atom is 0.233 e. The van der Waals surface area contributed by atoms with Crippen LogP contribution in [0.3, 0.4) is 0 Å². The third-order valence-corrected chi connectivity index (χ3v) is 6.58. The van der Waals surface area contributed by atoms with E-state index in [1.54, 1.807) is 11.3 Å². The van der Waals surface area contributed by atoms with Crippen molar-refractivity contribution in [3.8, 4) is 10.6 Å². The molecule has 0 aliphatic carbocycles. The Morgan fingerprint density at radius 1 is 1.00 bits per heavy atom. The van der Waals surface area contributed by atoms with Crippen molar-refractivity contribution in [3.05, 3.63) is 53.8 Å². The smallest absolute Gasteiger partial charge is 0.233 e. The Balaban J connectivity index is 1.40. The first kappa shape index (κ1) is 19.2. The van der Waals surface area contributed by atoms with Crippen LogP contribution < -0.4 is 10.2 Å². The van der Waals surface area contributed by atoms with Crippen molar-refractivity contribution in [1.29, 1.82) is 0 Å². The molecular formula is C22H21ClN6S. The van der Waals surface area contributed by atoms with Crippen LogP contribution in [0.4, 0.5) is 17.6 Å². The van der Waals surface area contributed by atoms with Crippen LogP contribution in [0.2, 0.25) is 5.28 Å². The molecule has 6 nitrogen and oxygen atoms in total. The summed E-state index contributed by atoms with van der Waals surface area (Å²) in [5, 5.41) is 4.46. The minimum Gasteiger partial charge on any atom is -0.341 e. The zero-order valence-electron chi connectivity index (χ0n) is 16.5. The second-order valence-electron chi connectivity index (χ2n) is 7.59. The number of para-hydroxylation sites is 1. The van der Waals surface area contributed by atoms with Crippen molar-refractivity contribution in [2.75, 3.05) is 23.3 Å². The molecule has 3 heterocycles. The molecule has 152 valence electrons. The number of hydrogen-bond donors (Lipinski definition) is 1. The number of nitrogens with zero attached hydrogens (tertiary/aromatic N) is 5. The van der Waals surface area contributed by atoms with E-state index in [1.807, 2.05) is 30.3 Å². The summed E-state index contributed by atoms with van der Waals surface area (Å²) in [6, 6.07) is 16.3. The standard InChI is InChI=1S/C22H21ClN6S/c1-14-9-11-29(12-10-14)22-27-20(23)26-21(28-22)24-16-6-4-5-15(13-16)19-25-17-7-2-3-8-18(17)30-19/h2-8,13-14H,9-12H2,1H3,(H,24,26,27,28). The highest BCUT2D eigenvalue weighted by molar-refractivity contribution is 7.21. The van der Waals surface area contributed by atoms with E-state index in [0.717, 1.165) is 53.6 Å². The Morgan fingerprint density at radius 3 is 2.67 bits per heavy atom. The van der Waals surface area contributed by atoms with Gasteiger partial charge in [-0.05, 0) is 54.6 Å². The van der Waals surface area contributed by atoms with Gasteiger partial charge in [-0.2, -0.15) is 15.0 Å². The van der Waals surface area contributed by atoms with Gasteiger partial charge in [-0.1, -0.05) is 31.2 Å².